The number of piperazine rings is 1. The van der Waals surface area contributed by atoms with Crippen LogP contribution < -0.4 is 4.90 Å². The van der Waals surface area contributed by atoms with Crippen LogP contribution in [0.4, 0.5) is 11.4 Å². The fourth-order valence-electron chi connectivity index (χ4n) is 4.24. The van der Waals surface area contributed by atoms with Gasteiger partial charge >= 0.3 is 0 Å². The number of aromatic nitrogens is 2. The first kappa shape index (κ1) is 23.9. The van der Waals surface area contributed by atoms with E-state index in [1.54, 1.807) is 30.3 Å². The zero-order valence-electron chi connectivity index (χ0n) is 19.8. The van der Waals surface area contributed by atoms with Crippen LogP contribution in [0.15, 0.2) is 60.9 Å². The molecule has 3 aromatic rings. The maximum atomic E-state index is 13.0. The van der Waals surface area contributed by atoms with E-state index in [9.17, 15) is 19.7 Å². The van der Waals surface area contributed by atoms with E-state index in [0.717, 1.165) is 11.1 Å². The molecule has 0 bridgehead atoms. The Balaban J connectivity index is 1.44. The van der Waals surface area contributed by atoms with Crippen molar-refractivity contribution in [2.45, 2.75) is 20.0 Å². The Morgan fingerprint density at radius 1 is 1.06 bits per heavy atom. The summed E-state index contributed by atoms with van der Waals surface area (Å²) in [5.41, 5.74) is 2.59. The van der Waals surface area contributed by atoms with Crippen molar-refractivity contribution >= 4 is 23.2 Å². The lowest BCUT2D eigenvalue weighted by Gasteiger charge is -2.35. The zero-order chi connectivity index (χ0) is 24.9. The molecule has 2 amide bonds. The number of hydrogen-bond donors (Lipinski definition) is 0. The second-order valence-electron chi connectivity index (χ2n) is 8.65. The normalized spacial score (nSPS) is 13.5. The van der Waals surface area contributed by atoms with Crippen LogP contribution in [-0.4, -0.2) is 69.5 Å². The molecule has 1 fully saturated rings. The summed E-state index contributed by atoms with van der Waals surface area (Å²) in [6.07, 6.45) is 3.61. The fourth-order valence-corrected chi connectivity index (χ4v) is 4.24. The van der Waals surface area contributed by atoms with Gasteiger partial charge in [-0.1, -0.05) is 30.3 Å². The summed E-state index contributed by atoms with van der Waals surface area (Å²) >= 11 is 0. The summed E-state index contributed by atoms with van der Waals surface area (Å²) in [6, 6.07) is 14.5. The van der Waals surface area contributed by atoms with Crippen LogP contribution in [0.1, 0.15) is 28.4 Å². The Kier molecular flexibility index (Phi) is 7.09. The van der Waals surface area contributed by atoms with Crippen LogP contribution in [0.2, 0.25) is 0 Å². The minimum Gasteiger partial charge on any atom is -0.362 e. The van der Waals surface area contributed by atoms with Gasteiger partial charge in [-0.05, 0) is 17.7 Å². The van der Waals surface area contributed by atoms with E-state index in [4.69, 9.17) is 0 Å². The molecule has 1 saturated heterocycles. The van der Waals surface area contributed by atoms with Crippen LogP contribution in [-0.2, 0) is 17.9 Å². The predicted octanol–water partition coefficient (Wildman–Crippen LogP) is 2.78. The molecule has 10 heteroatoms. The molecule has 0 atom stereocenters. The lowest BCUT2D eigenvalue weighted by Crippen LogP contribution is -2.48. The molecule has 0 radical (unpaired) electrons. The van der Waals surface area contributed by atoms with E-state index in [1.807, 2.05) is 46.1 Å². The van der Waals surface area contributed by atoms with Crippen molar-refractivity contribution in [1.82, 2.24) is 19.6 Å². The molecule has 0 N–H and O–H groups in total. The number of nitro benzene ring substituents is 1. The van der Waals surface area contributed by atoms with Crippen molar-refractivity contribution in [2.24, 2.45) is 0 Å². The number of hydrogen-bond acceptors (Lipinski definition) is 6. The highest BCUT2D eigenvalue weighted by atomic mass is 16.6. The molecule has 0 unspecified atom stereocenters. The largest absolute Gasteiger partial charge is 0.362 e. The summed E-state index contributed by atoms with van der Waals surface area (Å²) in [5.74, 6) is -0.314. The number of carbonyl (C=O) groups excluding carboxylic acids is 2. The van der Waals surface area contributed by atoms with Crippen LogP contribution in [0, 0.1) is 10.1 Å². The van der Waals surface area contributed by atoms with Gasteiger partial charge in [-0.2, -0.15) is 5.10 Å². The number of nitrogens with zero attached hydrogens (tertiary/aromatic N) is 6. The summed E-state index contributed by atoms with van der Waals surface area (Å²) in [7, 11) is 1.66. The van der Waals surface area contributed by atoms with E-state index >= 15 is 0 Å². The molecule has 35 heavy (non-hydrogen) atoms. The quantitative estimate of drug-likeness (QED) is 0.384. The fraction of sp³-hybridized carbons (Fsp3) is 0.320. The molecular formula is C25H28N6O4. The third-order valence-electron chi connectivity index (χ3n) is 6.13. The first-order valence-electron chi connectivity index (χ1n) is 11.4. The van der Waals surface area contributed by atoms with Gasteiger partial charge in [0.1, 0.15) is 5.69 Å². The van der Waals surface area contributed by atoms with Crippen LogP contribution in [0.5, 0.6) is 0 Å². The van der Waals surface area contributed by atoms with Crippen LogP contribution >= 0.6 is 0 Å². The van der Waals surface area contributed by atoms with Gasteiger partial charge in [0.05, 0.1) is 17.7 Å². The molecular weight excluding hydrogens is 448 g/mol. The molecule has 1 aliphatic heterocycles. The molecule has 0 saturated carbocycles. The molecule has 2 aromatic carbocycles. The average molecular weight is 477 g/mol. The SMILES string of the molecule is CC(=O)N1CCN(c2ccc(C(=O)N(C)Cc3cnn(Cc4ccccc4)c3)cc2[N+](=O)[O-])CC1. The first-order valence-corrected chi connectivity index (χ1v) is 11.4. The van der Waals surface area contributed by atoms with E-state index in [0.29, 0.717) is 45.0 Å². The summed E-state index contributed by atoms with van der Waals surface area (Å²) < 4.78 is 1.81. The van der Waals surface area contributed by atoms with Gasteiger partial charge in [0.2, 0.25) is 5.91 Å². The van der Waals surface area contributed by atoms with Crippen molar-refractivity contribution in [1.29, 1.82) is 0 Å². The maximum Gasteiger partial charge on any atom is 0.293 e. The van der Waals surface area contributed by atoms with Crippen molar-refractivity contribution < 1.29 is 14.5 Å². The number of carbonyl (C=O) groups is 2. The van der Waals surface area contributed by atoms with Crippen molar-refractivity contribution in [2.75, 3.05) is 38.1 Å². The van der Waals surface area contributed by atoms with Gasteiger partial charge < -0.3 is 14.7 Å². The molecule has 0 aliphatic carbocycles. The lowest BCUT2D eigenvalue weighted by molar-refractivity contribution is -0.384. The predicted molar refractivity (Wildman–Crippen MR) is 131 cm³/mol. The standard InChI is InChI=1S/C25H28N6O4/c1-19(32)28-10-12-29(13-11-28)23-9-8-22(14-24(23)31(34)35)25(33)27(2)16-21-15-26-30(18-21)17-20-6-4-3-5-7-20/h3-9,14-15,18H,10-13,16-17H2,1-2H3. The molecule has 182 valence electrons. The van der Waals surface area contributed by atoms with Crippen molar-refractivity contribution in [3.63, 3.8) is 0 Å². The van der Waals surface area contributed by atoms with E-state index in [1.165, 1.54) is 17.9 Å². The molecule has 2 heterocycles. The lowest BCUT2D eigenvalue weighted by atomic mass is 10.1. The molecule has 4 rings (SSSR count). The number of anilines is 1. The van der Waals surface area contributed by atoms with Crippen LogP contribution in [0.3, 0.4) is 0 Å². The van der Waals surface area contributed by atoms with Gasteiger partial charge in [-0.25, -0.2) is 0 Å². The summed E-state index contributed by atoms with van der Waals surface area (Å²) in [6.45, 7) is 4.50. The third-order valence-corrected chi connectivity index (χ3v) is 6.13. The van der Waals surface area contributed by atoms with Gasteiger partial charge in [-0.3, -0.25) is 24.4 Å². The average Bonchev–Trinajstić information content (AvgIpc) is 3.30. The molecule has 1 aromatic heterocycles. The van der Waals surface area contributed by atoms with Gasteiger partial charge in [0, 0.05) is 70.1 Å². The van der Waals surface area contributed by atoms with E-state index in [-0.39, 0.29) is 23.1 Å². The first-order chi connectivity index (χ1) is 16.8. The number of nitro groups is 1. The van der Waals surface area contributed by atoms with E-state index < -0.39 is 4.92 Å². The van der Waals surface area contributed by atoms with Gasteiger partial charge in [0.25, 0.3) is 11.6 Å². The summed E-state index contributed by atoms with van der Waals surface area (Å²) in [5, 5.41) is 16.2. The zero-order valence-corrected chi connectivity index (χ0v) is 19.8. The Labute approximate surface area is 203 Å². The highest BCUT2D eigenvalue weighted by Gasteiger charge is 2.26. The second-order valence-corrected chi connectivity index (χ2v) is 8.65. The smallest absolute Gasteiger partial charge is 0.293 e. The Bertz CT molecular complexity index is 1220. The minimum absolute atomic E-state index is 0.00580. The summed E-state index contributed by atoms with van der Waals surface area (Å²) in [4.78, 5) is 41.1. The van der Waals surface area contributed by atoms with Crippen molar-refractivity contribution in [3.05, 3.63) is 87.7 Å². The highest BCUT2D eigenvalue weighted by molar-refractivity contribution is 5.95. The Morgan fingerprint density at radius 3 is 2.43 bits per heavy atom. The number of amides is 2. The maximum absolute atomic E-state index is 13.0. The number of rotatable bonds is 7. The second kappa shape index (κ2) is 10.4. The molecule has 0 spiro atoms. The molecule has 10 nitrogen and oxygen atoms in total. The Hall–Kier alpha value is -4.21. The van der Waals surface area contributed by atoms with E-state index in [2.05, 4.69) is 5.10 Å². The third kappa shape index (κ3) is 5.65. The van der Waals surface area contributed by atoms with Gasteiger partial charge in [-0.15, -0.1) is 0 Å². The minimum atomic E-state index is -0.461. The van der Waals surface area contributed by atoms with Crippen molar-refractivity contribution in [3.8, 4) is 0 Å². The van der Waals surface area contributed by atoms with Crippen LogP contribution in [0.25, 0.3) is 0 Å². The number of benzene rings is 2. The Morgan fingerprint density at radius 2 is 1.77 bits per heavy atom. The highest BCUT2D eigenvalue weighted by Crippen LogP contribution is 2.30. The topological polar surface area (TPSA) is 105 Å². The molecule has 1 aliphatic rings. The van der Waals surface area contributed by atoms with Gasteiger partial charge in [0.15, 0.2) is 0 Å². The monoisotopic (exact) mass is 476 g/mol.